The zero-order valence-electron chi connectivity index (χ0n) is 14.5. The Hall–Kier alpha value is -2.42. The van der Waals surface area contributed by atoms with E-state index in [1.54, 1.807) is 24.3 Å². The standard InChI is InChI=1S/C18H17BrF3NO4/c1-25-14-7-12(8-15(26-2)16(14)19)17(24)23-9-11-3-5-13(6-4-11)27-10-18(20,21)22/h3-8H,9-10H2,1-2H3,(H,23,24). The second-order valence-corrected chi connectivity index (χ2v) is 6.22. The number of rotatable bonds is 7. The Morgan fingerprint density at radius 2 is 1.63 bits per heavy atom. The van der Waals surface area contributed by atoms with E-state index in [9.17, 15) is 18.0 Å². The first-order valence-corrected chi connectivity index (χ1v) is 8.51. The minimum absolute atomic E-state index is 0.102. The van der Waals surface area contributed by atoms with Crippen molar-refractivity contribution in [2.24, 2.45) is 0 Å². The van der Waals surface area contributed by atoms with Gasteiger partial charge in [-0.05, 0) is 45.8 Å². The molecule has 2 aromatic carbocycles. The normalized spacial score (nSPS) is 11.0. The Morgan fingerprint density at radius 3 is 2.11 bits per heavy atom. The van der Waals surface area contributed by atoms with Crippen LogP contribution in [0.2, 0.25) is 0 Å². The smallest absolute Gasteiger partial charge is 0.422 e. The number of carbonyl (C=O) groups is 1. The van der Waals surface area contributed by atoms with Crippen LogP contribution in [0.15, 0.2) is 40.9 Å². The van der Waals surface area contributed by atoms with Crippen LogP contribution in [0.1, 0.15) is 15.9 Å². The van der Waals surface area contributed by atoms with E-state index in [-0.39, 0.29) is 18.2 Å². The number of hydrogen-bond donors (Lipinski definition) is 1. The number of ether oxygens (including phenoxy) is 3. The van der Waals surface area contributed by atoms with E-state index in [0.29, 0.717) is 27.1 Å². The van der Waals surface area contributed by atoms with Crippen LogP contribution in [0.25, 0.3) is 0 Å². The van der Waals surface area contributed by atoms with Crippen molar-refractivity contribution in [2.45, 2.75) is 12.7 Å². The molecule has 5 nitrogen and oxygen atoms in total. The molecule has 0 fully saturated rings. The predicted molar refractivity (Wildman–Crippen MR) is 96.4 cm³/mol. The van der Waals surface area contributed by atoms with Crippen molar-refractivity contribution in [3.8, 4) is 17.2 Å². The molecule has 0 atom stereocenters. The molecule has 146 valence electrons. The molecule has 0 aliphatic carbocycles. The molecule has 0 bridgehead atoms. The summed E-state index contributed by atoms with van der Waals surface area (Å²) < 4.78 is 52.0. The first-order chi connectivity index (χ1) is 12.7. The average Bonchev–Trinajstić information content (AvgIpc) is 2.64. The first-order valence-electron chi connectivity index (χ1n) is 7.71. The van der Waals surface area contributed by atoms with Crippen molar-refractivity contribution in [3.05, 3.63) is 52.0 Å². The van der Waals surface area contributed by atoms with E-state index in [2.05, 4.69) is 26.0 Å². The van der Waals surface area contributed by atoms with Gasteiger partial charge >= 0.3 is 6.18 Å². The second-order valence-electron chi connectivity index (χ2n) is 5.43. The van der Waals surface area contributed by atoms with Crippen LogP contribution in [0.3, 0.4) is 0 Å². The molecule has 0 saturated carbocycles. The molecule has 1 amide bonds. The fourth-order valence-corrected chi connectivity index (χ4v) is 2.71. The van der Waals surface area contributed by atoms with Crippen molar-refractivity contribution in [1.29, 1.82) is 0 Å². The Morgan fingerprint density at radius 1 is 1.07 bits per heavy atom. The van der Waals surface area contributed by atoms with Gasteiger partial charge < -0.3 is 19.5 Å². The highest BCUT2D eigenvalue weighted by atomic mass is 79.9. The lowest BCUT2D eigenvalue weighted by Gasteiger charge is -2.12. The molecule has 2 rings (SSSR count). The predicted octanol–water partition coefficient (Wildman–Crippen LogP) is 4.34. The third-order valence-electron chi connectivity index (χ3n) is 3.49. The molecule has 2 aromatic rings. The van der Waals surface area contributed by atoms with Crippen LogP contribution in [-0.4, -0.2) is 32.9 Å². The van der Waals surface area contributed by atoms with E-state index in [1.165, 1.54) is 26.4 Å². The molecule has 0 heterocycles. The molecule has 9 heteroatoms. The van der Waals surface area contributed by atoms with Gasteiger partial charge in [0.1, 0.15) is 21.7 Å². The van der Waals surface area contributed by atoms with Gasteiger partial charge in [-0.15, -0.1) is 0 Å². The number of amides is 1. The summed E-state index contributed by atoms with van der Waals surface area (Å²) in [5.41, 5.74) is 1.05. The van der Waals surface area contributed by atoms with E-state index in [1.807, 2.05) is 0 Å². The monoisotopic (exact) mass is 447 g/mol. The average molecular weight is 448 g/mol. The maximum absolute atomic E-state index is 12.4. The van der Waals surface area contributed by atoms with Gasteiger partial charge in [0.05, 0.1) is 14.2 Å². The molecule has 0 spiro atoms. The van der Waals surface area contributed by atoms with Gasteiger partial charge in [-0.2, -0.15) is 13.2 Å². The van der Waals surface area contributed by atoms with Gasteiger partial charge in [0.25, 0.3) is 5.91 Å². The number of benzene rings is 2. The lowest BCUT2D eigenvalue weighted by molar-refractivity contribution is -0.153. The first kappa shape index (κ1) is 20.9. The summed E-state index contributed by atoms with van der Waals surface area (Å²) in [7, 11) is 2.95. The summed E-state index contributed by atoms with van der Waals surface area (Å²) in [4.78, 5) is 12.4. The zero-order valence-corrected chi connectivity index (χ0v) is 16.1. The van der Waals surface area contributed by atoms with Crippen LogP contribution in [0, 0.1) is 0 Å². The van der Waals surface area contributed by atoms with Crippen LogP contribution in [0.5, 0.6) is 17.2 Å². The van der Waals surface area contributed by atoms with Crippen molar-refractivity contribution < 1.29 is 32.2 Å². The third-order valence-corrected chi connectivity index (χ3v) is 4.27. The lowest BCUT2D eigenvalue weighted by Crippen LogP contribution is -2.23. The summed E-state index contributed by atoms with van der Waals surface area (Å²) in [5, 5.41) is 2.73. The highest BCUT2D eigenvalue weighted by Crippen LogP contribution is 2.35. The third kappa shape index (κ3) is 6.06. The van der Waals surface area contributed by atoms with Crippen molar-refractivity contribution in [3.63, 3.8) is 0 Å². The molecule has 0 saturated heterocycles. The van der Waals surface area contributed by atoms with Crippen molar-refractivity contribution in [2.75, 3.05) is 20.8 Å². The Bertz CT molecular complexity index is 769. The minimum Gasteiger partial charge on any atom is -0.495 e. The largest absolute Gasteiger partial charge is 0.495 e. The van der Waals surface area contributed by atoms with E-state index in [0.717, 1.165) is 0 Å². The van der Waals surface area contributed by atoms with E-state index < -0.39 is 12.8 Å². The number of carbonyl (C=O) groups excluding carboxylic acids is 1. The maximum atomic E-state index is 12.4. The van der Waals surface area contributed by atoms with Crippen LogP contribution < -0.4 is 19.5 Å². The molecule has 1 N–H and O–H groups in total. The Balaban J connectivity index is 1.99. The molecular formula is C18H17BrF3NO4. The molecule has 0 radical (unpaired) electrons. The number of methoxy groups -OCH3 is 2. The topological polar surface area (TPSA) is 56.8 Å². The SMILES string of the molecule is COc1cc(C(=O)NCc2ccc(OCC(F)(F)F)cc2)cc(OC)c1Br. The quantitative estimate of drug-likeness (QED) is 0.685. The second kappa shape index (κ2) is 8.98. The number of halogens is 4. The van der Waals surface area contributed by atoms with Gasteiger partial charge in [0.2, 0.25) is 0 Å². The van der Waals surface area contributed by atoms with Crippen molar-refractivity contribution in [1.82, 2.24) is 5.32 Å². The molecular weight excluding hydrogens is 431 g/mol. The van der Waals surface area contributed by atoms with Crippen LogP contribution in [0.4, 0.5) is 13.2 Å². The highest BCUT2D eigenvalue weighted by molar-refractivity contribution is 9.10. The zero-order chi connectivity index (χ0) is 20.0. The Kier molecular flexibility index (Phi) is 6.95. The fourth-order valence-electron chi connectivity index (χ4n) is 2.15. The van der Waals surface area contributed by atoms with E-state index >= 15 is 0 Å². The minimum atomic E-state index is -4.39. The molecule has 27 heavy (non-hydrogen) atoms. The number of nitrogens with one attached hydrogen (secondary N) is 1. The molecule has 0 aromatic heterocycles. The molecule has 0 aliphatic rings. The molecule has 0 aliphatic heterocycles. The lowest BCUT2D eigenvalue weighted by atomic mass is 10.1. The summed E-state index contributed by atoms with van der Waals surface area (Å²) in [6, 6.07) is 9.12. The highest BCUT2D eigenvalue weighted by Gasteiger charge is 2.28. The van der Waals surface area contributed by atoms with Gasteiger partial charge in [-0.3, -0.25) is 4.79 Å². The summed E-state index contributed by atoms with van der Waals surface area (Å²) in [5.74, 6) is 0.651. The van der Waals surface area contributed by atoms with Gasteiger partial charge in [-0.1, -0.05) is 12.1 Å². The fraction of sp³-hybridized carbons (Fsp3) is 0.278. The van der Waals surface area contributed by atoms with Crippen LogP contribution >= 0.6 is 15.9 Å². The Labute approximate surface area is 162 Å². The van der Waals surface area contributed by atoms with E-state index in [4.69, 9.17) is 9.47 Å². The van der Waals surface area contributed by atoms with Gasteiger partial charge in [-0.25, -0.2) is 0 Å². The summed E-state index contributed by atoms with van der Waals surface area (Å²) in [6.45, 7) is -1.16. The summed E-state index contributed by atoms with van der Waals surface area (Å²) in [6.07, 6.45) is -4.39. The number of hydrogen-bond acceptors (Lipinski definition) is 4. The number of alkyl halides is 3. The van der Waals surface area contributed by atoms with Gasteiger partial charge in [0, 0.05) is 12.1 Å². The van der Waals surface area contributed by atoms with Gasteiger partial charge in [0.15, 0.2) is 6.61 Å². The maximum Gasteiger partial charge on any atom is 0.422 e. The summed E-state index contributed by atoms with van der Waals surface area (Å²) >= 11 is 3.33. The van der Waals surface area contributed by atoms with Crippen LogP contribution in [-0.2, 0) is 6.54 Å². The van der Waals surface area contributed by atoms with Crippen molar-refractivity contribution >= 4 is 21.8 Å². The molecule has 0 unspecified atom stereocenters.